The lowest BCUT2D eigenvalue weighted by atomic mass is 9.82. The van der Waals surface area contributed by atoms with Gasteiger partial charge >= 0.3 is 0 Å². The van der Waals surface area contributed by atoms with E-state index in [1.807, 2.05) is 23.8 Å². The lowest BCUT2D eigenvalue weighted by Gasteiger charge is -2.26. The average molecular weight is 420 g/mol. The average Bonchev–Trinajstić information content (AvgIpc) is 3.33. The largest absolute Gasteiger partial charge is 0.353 e. The van der Waals surface area contributed by atoms with Crippen molar-refractivity contribution in [3.63, 3.8) is 0 Å². The van der Waals surface area contributed by atoms with Crippen molar-refractivity contribution in [3.8, 4) is 0 Å². The van der Waals surface area contributed by atoms with Crippen LogP contribution < -0.4 is 5.32 Å². The molecule has 0 aromatic heterocycles. The Kier molecular flexibility index (Phi) is 7.13. The fourth-order valence-corrected chi connectivity index (χ4v) is 6.05. The van der Waals surface area contributed by atoms with Crippen molar-refractivity contribution >= 4 is 17.7 Å². The van der Waals surface area contributed by atoms with Crippen LogP contribution in [0.4, 0.5) is 0 Å². The zero-order chi connectivity index (χ0) is 22.2. The van der Waals surface area contributed by atoms with Gasteiger partial charge in [-0.1, -0.05) is 27.7 Å². The van der Waals surface area contributed by atoms with Crippen molar-refractivity contribution in [2.24, 2.45) is 35.5 Å². The summed E-state index contributed by atoms with van der Waals surface area (Å²) in [4.78, 5) is 41.7. The highest BCUT2D eigenvalue weighted by atomic mass is 16.2. The van der Waals surface area contributed by atoms with Gasteiger partial charge in [0.2, 0.25) is 17.7 Å². The number of hydrogen-bond acceptors (Lipinski definition) is 3. The lowest BCUT2D eigenvalue weighted by molar-refractivity contribution is -0.132. The Morgan fingerprint density at radius 2 is 1.60 bits per heavy atom. The van der Waals surface area contributed by atoms with Crippen LogP contribution in [0.2, 0.25) is 0 Å². The van der Waals surface area contributed by atoms with Crippen molar-refractivity contribution in [2.45, 2.75) is 78.8 Å². The molecule has 0 bridgehead atoms. The monoisotopic (exact) mass is 419 g/mol. The second kappa shape index (κ2) is 9.27. The summed E-state index contributed by atoms with van der Waals surface area (Å²) in [5.41, 5.74) is 0. The van der Waals surface area contributed by atoms with E-state index in [0.29, 0.717) is 17.7 Å². The quantitative estimate of drug-likeness (QED) is 0.658. The number of nitrogens with zero attached hydrogens (tertiary/aromatic N) is 2. The van der Waals surface area contributed by atoms with Crippen molar-refractivity contribution in [3.05, 3.63) is 0 Å². The zero-order valence-corrected chi connectivity index (χ0v) is 19.7. The standard InChI is InChI=1S/C24H41N3O3/c1-7-27-9-8-19(24(27)30)16(5)11-18-13-21(23(29)26(18)6)15(4)10-17-12-20(14(2)3)22(28)25-17/h14-21H,7-13H2,1-6H3,(H,25,28). The first-order valence-corrected chi connectivity index (χ1v) is 12.0. The van der Waals surface area contributed by atoms with Gasteiger partial charge < -0.3 is 15.1 Å². The van der Waals surface area contributed by atoms with Crippen molar-refractivity contribution in [1.29, 1.82) is 0 Å². The summed E-state index contributed by atoms with van der Waals surface area (Å²) < 4.78 is 0. The van der Waals surface area contributed by atoms with Crippen molar-refractivity contribution < 1.29 is 14.4 Å². The molecule has 1 N–H and O–H groups in total. The Balaban J connectivity index is 1.55. The van der Waals surface area contributed by atoms with Gasteiger partial charge in [-0.05, 0) is 56.8 Å². The third kappa shape index (κ3) is 4.52. The van der Waals surface area contributed by atoms with Crippen LogP contribution in [0.5, 0.6) is 0 Å². The number of carbonyl (C=O) groups excluding carboxylic acids is 3. The molecule has 7 unspecified atom stereocenters. The highest BCUT2D eigenvalue weighted by Crippen LogP contribution is 2.38. The predicted octanol–water partition coefficient (Wildman–Crippen LogP) is 2.91. The van der Waals surface area contributed by atoms with E-state index in [2.05, 4.69) is 33.0 Å². The Labute approximate surface area is 182 Å². The minimum Gasteiger partial charge on any atom is -0.353 e. The molecule has 3 aliphatic heterocycles. The smallest absolute Gasteiger partial charge is 0.226 e. The fourth-order valence-electron chi connectivity index (χ4n) is 6.05. The van der Waals surface area contributed by atoms with E-state index in [4.69, 9.17) is 0 Å². The number of amides is 3. The minimum absolute atomic E-state index is 0.0219. The molecule has 0 aliphatic carbocycles. The molecule has 3 saturated heterocycles. The third-order valence-corrected chi connectivity index (χ3v) is 8.16. The molecule has 0 spiro atoms. The van der Waals surface area contributed by atoms with E-state index in [0.717, 1.165) is 45.2 Å². The summed E-state index contributed by atoms with van der Waals surface area (Å²) in [6.45, 7) is 12.2. The molecule has 170 valence electrons. The van der Waals surface area contributed by atoms with Gasteiger partial charge in [-0.15, -0.1) is 0 Å². The van der Waals surface area contributed by atoms with Gasteiger partial charge in [-0.2, -0.15) is 0 Å². The number of nitrogens with one attached hydrogen (secondary N) is 1. The highest BCUT2D eigenvalue weighted by molar-refractivity contribution is 5.83. The molecule has 0 radical (unpaired) electrons. The highest BCUT2D eigenvalue weighted by Gasteiger charge is 2.44. The number of likely N-dealkylation sites (tertiary alicyclic amines) is 2. The number of carbonyl (C=O) groups is 3. The molecule has 6 heteroatoms. The van der Waals surface area contributed by atoms with Gasteiger partial charge in [0.1, 0.15) is 0 Å². The van der Waals surface area contributed by atoms with Crippen LogP contribution in [0, 0.1) is 35.5 Å². The second-order valence-corrected chi connectivity index (χ2v) is 10.5. The van der Waals surface area contributed by atoms with Gasteiger partial charge in [0, 0.05) is 50.0 Å². The molecule has 6 nitrogen and oxygen atoms in total. The molecule has 30 heavy (non-hydrogen) atoms. The molecule has 7 atom stereocenters. The summed E-state index contributed by atoms with van der Waals surface area (Å²) in [5, 5.41) is 3.15. The summed E-state index contributed by atoms with van der Waals surface area (Å²) in [6, 6.07) is 0.400. The summed E-state index contributed by atoms with van der Waals surface area (Å²) in [7, 11) is 1.92. The molecule has 3 rings (SSSR count). The molecular formula is C24H41N3O3. The van der Waals surface area contributed by atoms with E-state index in [9.17, 15) is 14.4 Å². The van der Waals surface area contributed by atoms with Gasteiger partial charge in [-0.25, -0.2) is 0 Å². The van der Waals surface area contributed by atoms with E-state index in [1.165, 1.54) is 0 Å². The van der Waals surface area contributed by atoms with Crippen molar-refractivity contribution in [2.75, 3.05) is 20.1 Å². The van der Waals surface area contributed by atoms with Crippen LogP contribution in [0.3, 0.4) is 0 Å². The van der Waals surface area contributed by atoms with E-state index in [-0.39, 0.29) is 47.6 Å². The Morgan fingerprint density at radius 1 is 0.933 bits per heavy atom. The predicted molar refractivity (Wildman–Crippen MR) is 117 cm³/mol. The second-order valence-electron chi connectivity index (χ2n) is 10.5. The van der Waals surface area contributed by atoms with Gasteiger partial charge in [0.25, 0.3) is 0 Å². The van der Waals surface area contributed by atoms with Gasteiger partial charge in [-0.3, -0.25) is 14.4 Å². The zero-order valence-electron chi connectivity index (χ0n) is 19.7. The molecular weight excluding hydrogens is 378 g/mol. The van der Waals surface area contributed by atoms with Crippen LogP contribution in [-0.2, 0) is 14.4 Å². The maximum atomic E-state index is 13.0. The molecule has 3 heterocycles. The molecule has 3 amide bonds. The van der Waals surface area contributed by atoms with Crippen LogP contribution in [-0.4, -0.2) is 59.7 Å². The first kappa shape index (κ1) is 23.1. The van der Waals surface area contributed by atoms with Crippen LogP contribution >= 0.6 is 0 Å². The Bertz CT molecular complexity index is 664. The van der Waals surface area contributed by atoms with E-state index >= 15 is 0 Å². The SMILES string of the molecule is CCN1CCC(C(C)CC2CC(C(C)CC3CC(C(C)C)C(=O)N3)C(=O)N2C)C1=O. The first-order valence-electron chi connectivity index (χ1n) is 12.0. The number of rotatable bonds is 8. The summed E-state index contributed by atoms with van der Waals surface area (Å²) in [5.74, 6) is 1.83. The first-order chi connectivity index (χ1) is 14.1. The van der Waals surface area contributed by atoms with E-state index in [1.54, 1.807) is 0 Å². The molecule has 0 aromatic rings. The maximum absolute atomic E-state index is 13.0. The normalized spacial score (nSPS) is 34.2. The van der Waals surface area contributed by atoms with E-state index < -0.39 is 0 Å². The fraction of sp³-hybridized carbons (Fsp3) is 0.875. The topological polar surface area (TPSA) is 69.7 Å². The van der Waals surface area contributed by atoms with Crippen molar-refractivity contribution in [1.82, 2.24) is 15.1 Å². The minimum atomic E-state index is 0.0219. The summed E-state index contributed by atoms with van der Waals surface area (Å²) in [6.07, 6.45) is 4.46. The summed E-state index contributed by atoms with van der Waals surface area (Å²) >= 11 is 0. The van der Waals surface area contributed by atoms with Gasteiger partial charge in [0.15, 0.2) is 0 Å². The molecule has 0 aromatic carbocycles. The Hall–Kier alpha value is -1.59. The van der Waals surface area contributed by atoms with Gasteiger partial charge in [0.05, 0.1) is 0 Å². The Morgan fingerprint density at radius 3 is 2.17 bits per heavy atom. The lowest BCUT2D eigenvalue weighted by Crippen LogP contribution is -2.35. The third-order valence-electron chi connectivity index (χ3n) is 8.16. The molecule has 3 fully saturated rings. The molecule has 3 aliphatic rings. The van der Waals surface area contributed by atoms with Crippen LogP contribution in [0.15, 0.2) is 0 Å². The van der Waals surface area contributed by atoms with Crippen LogP contribution in [0.25, 0.3) is 0 Å². The molecule has 0 saturated carbocycles. The number of hydrogen-bond donors (Lipinski definition) is 1. The maximum Gasteiger partial charge on any atom is 0.226 e. The van der Waals surface area contributed by atoms with Crippen LogP contribution in [0.1, 0.15) is 66.7 Å².